The van der Waals surface area contributed by atoms with Gasteiger partial charge in [-0.25, -0.2) is 9.97 Å². The van der Waals surface area contributed by atoms with Crippen LogP contribution in [-0.4, -0.2) is 34.7 Å². The summed E-state index contributed by atoms with van der Waals surface area (Å²) in [6, 6.07) is 9.20. The van der Waals surface area contributed by atoms with Gasteiger partial charge in [0, 0.05) is 11.8 Å². The summed E-state index contributed by atoms with van der Waals surface area (Å²) in [4.78, 5) is 18.7. The summed E-state index contributed by atoms with van der Waals surface area (Å²) in [5, 5.41) is 11.2. The predicted octanol–water partition coefficient (Wildman–Crippen LogP) is 1.65. The van der Waals surface area contributed by atoms with Crippen molar-refractivity contribution in [1.29, 1.82) is 0 Å². The number of anilines is 1. The molecule has 0 bridgehead atoms. The molecule has 0 aliphatic carbocycles. The summed E-state index contributed by atoms with van der Waals surface area (Å²) in [7, 11) is 1.59. The quantitative estimate of drug-likeness (QED) is 0.849. The number of rotatable bonds is 5. The molecule has 6 heteroatoms. The van der Waals surface area contributed by atoms with E-state index in [0.29, 0.717) is 11.4 Å². The Balaban J connectivity index is 2.29. The number of para-hydroxylation sites is 1. The first kappa shape index (κ1) is 12.8. The highest BCUT2D eigenvalue weighted by Gasteiger charge is 2.07. The molecule has 98 valence electrons. The number of methoxy groups -OCH3 is 1. The van der Waals surface area contributed by atoms with Crippen molar-refractivity contribution < 1.29 is 14.6 Å². The number of nitrogens with one attached hydrogen (secondary N) is 1. The number of carboxylic acid groups (broad SMARTS) is 1. The third-order valence-electron chi connectivity index (χ3n) is 2.44. The number of hydrogen-bond donors (Lipinski definition) is 2. The molecule has 2 aromatic rings. The van der Waals surface area contributed by atoms with Gasteiger partial charge in [0.15, 0.2) is 0 Å². The molecular weight excluding hydrogens is 246 g/mol. The fourth-order valence-electron chi connectivity index (χ4n) is 1.60. The Labute approximate surface area is 110 Å². The minimum Gasteiger partial charge on any atom is -0.496 e. The number of aliphatic carboxylic acids is 1. The number of benzene rings is 1. The van der Waals surface area contributed by atoms with E-state index in [1.165, 1.54) is 0 Å². The molecule has 0 unspecified atom stereocenters. The van der Waals surface area contributed by atoms with Crippen LogP contribution in [0.15, 0.2) is 36.5 Å². The number of ether oxygens (including phenoxy) is 1. The highest BCUT2D eigenvalue weighted by atomic mass is 16.5. The zero-order valence-corrected chi connectivity index (χ0v) is 10.3. The number of carboxylic acids is 1. The molecule has 0 aliphatic rings. The van der Waals surface area contributed by atoms with Crippen LogP contribution in [0.25, 0.3) is 11.3 Å². The van der Waals surface area contributed by atoms with Crippen molar-refractivity contribution >= 4 is 11.9 Å². The third kappa shape index (κ3) is 3.19. The lowest BCUT2D eigenvalue weighted by atomic mass is 10.1. The van der Waals surface area contributed by atoms with Crippen molar-refractivity contribution in [2.24, 2.45) is 0 Å². The Morgan fingerprint density at radius 2 is 2.16 bits per heavy atom. The summed E-state index contributed by atoms with van der Waals surface area (Å²) in [5.74, 6) is 0.00230. The van der Waals surface area contributed by atoms with Gasteiger partial charge in [0.25, 0.3) is 0 Å². The monoisotopic (exact) mass is 259 g/mol. The van der Waals surface area contributed by atoms with Gasteiger partial charge in [0.05, 0.1) is 12.8 Å². The van der Waals surface area contributed by atoms with E-state index >= 15 is 0 Å². The number of carbonyl (C=O) groups is 1. The second kappa shape index (κ2) is 5.81. The van der Waals surface area contributed by atoms with Crippen molar-refractivity contribution in [2.75, 3.05) is 19.0 Å². The first-order chi connectivity index (χ1) is 9.20. The summed E-state index contributed by atoms with van der Waals surface area (Å²) in [6.45, 7) is -0.227. The van der Waals surface area contributed by atoms with Gasteiger partial charge in [0.1, 0.15) is 12.3 Å². The van der Waals surface area contributed by atoms with Crippen LogP contribution in [-0.2, 0) is 4.79 Å². The van der Waals surface area contributed by atoms with Crippen LogP contribution in [0.3, 0.4) is 0 Å². The number of hydrogen-bond acceptors (Lipinski definition) is 5. The summed E-state index contributed by atoms with van der Waals surface area (Å²) < 4.78 is 5.26. The molecule has 0 aliphatic heterocycles. The van der Waals surface area contributed by atoms with Crippen LogP contribution in [0, 0.1) is 0 Å². The molecule has 1 heterocycles. The second-order valence-electron chi connectivity index (χ2n) is 3.71. The highest BCUT2D eigenvalue weighted by Crippen LogP contribution is 2.28. The van der Waals surface area contributed by atoms with E-state index < -0.39 is 5.97 Å². The first-order valence-electron chi connectivity index (χ1n) is 5.63. The van der Waals surface area contributed by atoms with E-state index in [1.54, 1.807) is 19.4 Å². The van der Waals surface area contributed by atoms with E-state index in [0.717, 1.165) is 5.56 Å². The molecule has 6 nitrogen and oxygen atoms in total. The Morgan fingerprint density at radius 3 is 2.89 bits per heavy atom. The van der Waals surface area contributed by atoms with Crippen molar-refractivity contribution in [3.8, 4) is 17.0 Å². The number of nitrogens with zero attached hydrogens (tertiary/aromatic N) is 2. The molecule has 19 heavy (non-hydrogen) atoms. The summed E-state index contributed by atoms with van der Waals surface area (Å²) >= 11 is 0. The van der Waals surface area contributed by atoms with Crippen molar-refractivity contribution in [3.05, 3.63) is 36.5 Å². The topological polar surface area (TPSA) is 84.3 Å². The second-order valence-corrected chi connectivity index (χ2v) is 3.71. The van der Waals surface area contributed by atoms with Crippen LogP contribution in [0.1, 0.15) is 0 Å². The third-order valence-corrected chi connectivity index (χ3v) is 2.44. The average molecular weight is 259 g/mol. The van der Waals surface area contributed by atoms with Crippen molar-refractivity contribution in [1.82, 2.24) is 9.97 Å². The fourth-order valence-corrected chi connectivity index (χ4v) is 1.60. The summed E-state index contributed by atoms with van der Waals surface area (Å²) in [6.07, 6.45) is 1.57. The molecule has 2 N–H and O–H groups in total. The fraction of sp³-hybridized carbons (Fsp3) is 0.154. The van der Waals surface area contributed by atoms with Crippen LogP contribution in [0.4, 0.5) is 5.95 Å². The van der Waals surface area contributed by atoms with Crippen LogP contribution < -0.4 is 10.1 Å². The minimum absolute atomic E-state index is 0.227. The molecule has 1 aromatic heterocycles. The van der Waals surface area contributed by atoms with Crippen molar-refractivity contribution in [2.45, 2.75) is 0 Å². The highest BCUT2D eigenvalue weighted by molar-refractivity contribution is 5.72. The van der Waals surface area contributed by atoms with E-state index in [9.17, 15) is 4.79 Å². The van der Waals surface area contributed by atoms with Gasteiger partial charge in [-0.3, -0.25) is 4.79 Å². The minimum atomic E-state index is -0.966. The van der Waals surface area contributed by atoms with Gasteiger partial charge in [-0.05, 0) is 18.2 Å². The van der Waals surface area contributed by atoms with Gasteiger partial charge in [0.2, 0.25) is 5.95 Å². The molecule has 0 fully saturated rings. The van der Waals surface area contributed by atoms with E-state index in [2.05, 4.69) is 15.3 Å². The van der Waals surface area contributed by atoms with Crippen LogP contribution in [0.2, 0.25) is 0 Å². The number of aromatic nitrogens is 2. The average Bonchev–Trinajstić information content (AvgIpc) is 2.45. The Kier molecular flexibility index (Phi) is 3.92. The Morgan fingerprint density at radius 1 is 1.37 bits per heavy atom. The molecule has 0 radical (unpaired) electrons. The van der Waals surface area contributed by atoms with Crippen LogP contribution in [0.5, 0.6) is 5.75 Å². The van der Waals surface area contributed by atoms with Crippen LogP contribution >= 0.6 is 0 Å². The zero-order valence-electron chi connectivity index (χ0n) is 10.3. The molecule has 1 aromatic carbocycles. The maximum atomic E-state index is 10.5. The van der Waals surface area contributed by atoms with E-state index in [4.69, 9.17) is 9.84 Å². The van der Waals surface area contributed by atoms with Gasteiger partial charge in [-0.1, -0.05) is 12.1 Å². The molecule has 0 spiro atoms. The largest absolute Gasteiger partial charge is 0.496 e. The predicted molar refractivity (Wildman–Crippen MR) is 70.1 cm³/mol. The van der Waals surface area contributed by atoms with Crippen molar-refractivity contribution in [3.63, 3.8) is 0 Å². The Bertz CT molecular complexity index is 587. The van der Waals surface area contributed by atoms with E-state index in [1.807, 2.05) is 24.3 Å². The molecular formula is C13H13N3O3. The smallest absolute Gasteiger partial charge is 0.322 e. The normalized spacial score (nSPS) is 9.95. The molecule has 0 atom stereocenters. The van der Waals surface area contributed by atoms with Gasteiger partial charge in [-0.2, -0.15) is 0 Å². The lowest BCUT2D eigenvalue weighted by Crippen LogP contribution is -2.14. The summed E-state index contributed by atoms with van der Waals surface area (Å²) in [5.41, 5.74) is 1.49. The maximum absolute atomic E-state index is 10.5. The van der Waals surface area contributed by atoms with Gasteiger partial charge in [-0.15, -0.1) is 0 Å². The lowest BCUT2D eigenvalue weighted by molar-refractivity contribution is -0.134. The van der Waals surface area contributed by atoms with Gasteiger partial charge < -0.3 is 15.2 Å². The zero-order chi connectivity index (χ0) is 13.7. The first-order valence-corrected chi connectivity index (χ1v) is 5.63. The Hall–Kier alpha value is -2.63. The lowest BCUT2D eigenvalue weighted by Gasteiger charge is -2.08. The van der Waals surface area contributed by atoms with E-state index in [-0.39, 0.29) is 12.5 Å². The van der Waals surface area contributed by atoms with Gasteiger partial charge >= 0.3 is 5.97 Å². The molecule has 0 amide bonds. The SMILES string of the molecule is COc1ccccc1-c1ccnc(NCC(=O)O)n1. The maximum Gasteiger partial charge on any atom is 0.322 e. The standard InChI is InChI=1S/C13H13N3O3/c1-19-11-5-3-2-4-9(11)10-6-7-14-13(16-10)15-8-12(17)18/h2-7H,8H2,1H3,(H,17,18)(H,14,15,16). The molecule has 0 saturated carbocycles. The molecule has 0 saturated heterocycles. The molecule has 2 rings (SSSR count).